The Hall–Kier alpha value is -3.01. The van der Waals surface area contributed by atoms with E-state index < -0.39 is 0 Å². The Labute approximate surface area is 136 Å². The summed E-state index contributed by atoms with van der Waals surface area (Å²) in [6.45, 7) is 1.79. The van der Waals surface area contributed by atoms with Gasteiger partial charge in [0.15, 0.2) is 0 Å². The second-order valence-corrected chi connectivity index (χ2v) is 4.85. The topological polar surface area (TPSA) is 107 Å². The van der Waals surface area contributed by atoms with Gasteiger partial charge in [0, 0.05) is 11.8 Å². The van der Waals surface area contributed by atoms with Gasteiger partial charge in [-0.2, -0.15) is 19.3 Å². The third-order valence-corrected chi connectivity index (χ3v) is 3.09. The van der Waals surface area contributed by atoms with E-state index in [1.165, 1.54) is 16.9 Å². The lowest BCUT2D eigenvalue weighted by atomic mass is 10.3. The minimum absolute atomic E-state index is 0.0602. The molecule has 4 aromatic rings. The molecule has 4 rings (SSSR count). The van der Waals surface area contributed by atoms with Crippen molar-refractivity contribution >= 4 is 18.4 Å². The van der Waals surface area contributed by atoms with Gasteiger partial charge in [0.2, 0.25) is 11.0 Å². The summed E-state index contributed by atoms with van der Waals surface area (Å²) in [6.07, 6.45) is 1.35. The second kappa shape index (κ2) is 6.40. The Morgan fingerprint density at radius 1 is 1.17 bits per heavy atom. The fourth-order valence-electron chi connectivity index (χ4n) is 1.83. The van der Waals surface area contributed by atoms with E-state index in [-0.39, 0.29) is 5.88 Å². The summed E-state index contributed by atoms with van der Waals surface area (Å²) < 4.78 is 2.83. The molecular weight excluding hydrogens is 316 g/mol. The standard InChI is InChI=1S/C7H6N4S.C6H6N4O/c12-7-8-9-10-11(7)6-4-2-1-3-5-6;1-4-2-5(11)10-6(9-4)7-3-8-10/h1-5H,(H,8,10,12);2-3,11H,1H3. The molecule has 0 aliphatic heterocycles. The molecule has 116 valence electrons. The largest absolute Gasteiger partial charge is 0.493 e. The van der Waals surface area contributed by atoms with Crippen molar-refractivity contribution in [2.24, 2.45) is 0 Å². The van der Waals surface area contributed by atoms with Crippen LogP contribution in [0.5, 0.6) is 5.88 Å². The van der Waals surface area contributed by atoms with Crippen LogP contribution >= 0.6 is 12.6 Å². The normalized spacial score (nSPS) is 10.3. The summed E-state index contributed by atoms with van der Waals surface area (Å²) in [5.74, 6) is 0.479. The Morgan fingerprint density at radius 3 is 2.65 bits per heavy atom. The lowest BCUT2D eigenvalue weighted by molar-refractivity contribution is 0.434. The molecule has 0 bridgehead atoms. The van der Waals surface area contributed by atoms with Gasteiger partial charge in [0.05, 0.1) is 5.69 Å². The molecule has 0 aliphatic carbocycles. The van der Waals surface area contributed by atoms with Crippen molar-refractivity contribution in [2.75, 3.05) is 0 Å². The van der Waals surface area contributed by atoms with Gasteiger partial charge in [-0.3, -0.25) is 0 Å². The van der Waals surface area contributed by atoms with Gasteiger partial charge in [-0.15, -0.1) is 17.7 Å². The number of hydrogen-bond donors (Lipinski definition) is 2. The number of aromatic hydroxyl groups is 1. The van der Waals surface area contributed by atoms with Crippen LogP contribution in [0.1, 0.15) is 5.69 Å². The van der Waals surface area contributed by atoms with Crippen LogP contribution in [0, 0.1) is 6.92 Å². The molecular formula is C13H12N8OS. The zero-order valence-electron chi connectivity index (χ0n) is 12.0. The maximum Gasteiger partial charge on any atom is 0.255 e. The zero-order valence-corrected chi connectivity index (χ0v) is 12.9. The molecule has 0 saturated carbocycles. The predicted octanol–water partition coefficient (Wildman–Crippen LogP) is 1.09. The molecule has 0 saturated heterocycles. The lowest BCUT2D eigenvalue weighted by Gasteiger charge is -1.98. The van der Waals surface area contributed by atoms with Crippen molar-refractivity contribution in [3.8, 4) is 11.6 Å². The quantitative estimate of drug-likeness (QED) is 0.504. The van der Waals surface area contributed by atoms with E-state index in [9.17, 15) is 5.11 Å². The maximum atomic E-state index is 9.26. The highest BCUT2D eigenvalue weighted by atomic mass is 32.1. The first-order chi connectivity index (χ1) is 11.1. The third kappa shape index (κ3) is 3.26. The number of aryl methyl sites for hydroxylation is 1. The molecule has 9 nitrogen and oxygen atoms in total. The van der Waals surface area contributed by atoms with E-state index in [1.54, 1.807) is 11.6 Å². The Morgan fingerprint density at radius 2 is 1.96 bits per heavy atom. The Kier molecular flexibility index (Phi) is 4.15. The average molecular weight is 328 g/mol. The van der Waals surface area contributed by atoms with Gasteiger partial charge in [-0.1, -0.05) is 18.2 Å². The molecule has 0 radical (unpaired) electrons. The molecule has 23 heavy (non-hydrogen) atoms. The summed E-state index contributed by atoms with van der Waals surface area (Å²) >= 11 is 4.09. The minimum atomic E-state index is 0.0602. The van der Waals surface area contributed by atoms with E-state index in [0.717, 1.165) is 11.4 Å². The molecule has 0 unspecified atom stereocenters. The highest BCUT2D eigenvalue weighted by Gasteiger charge is 2.02. The molecule has 3 aromatic heterocycles. The average Bonchev–Trinajstić information content (AvgIpc) is 3.17. The summed E-state index contributed by atoms with van der Waals surface area (Å²) in [4.78, 5) is 7.85. The first-order valence-electron chi connectivity index (χ1n) is 6.54. The molecule has 0 atom stereocenters. The minimum Gasteiger partial charge on any atom is -0.493 e. The molecule has 1 N–H and O–H groups in total. The van der Waals surface area contributed by atoms with Crippen molar-refractivity contribution in [1.82, 2.24) is 39.8 Å². The Balaban J connectivity index is 0.000000136. The zero-order chi connectivity index (χ0) is 16.2. The number of hydrogen-bond acceptors (Lipinski definition) is 8. The number of aromatic nitrogens is 8. The highest BCUT2D eigenvalue weighted by Crippen LogP contribution is 2.09. The van der Waals surface area contributed by atoms with Crippen LogP contribution in [0.4, 0.5) is 0 Å². The first-order valence-corrected chi connectivity index (χ1v) is 6.99. The fourth-order valence-corrected chi connectivity index (χ4v) is 2.03. The molecule has 0 fully saturated rings. The molecule has 10 heteroatoms. The van der Waals surface area contributed by atoms with Gasteiger partial charge < -0.3 is 5.11 Å². The number of benzene rings is 1. The van der Waals surface area contributed by atoms with Gasteiger partial charge in [0.25, 0.3) is 5.78 Å². The number of nitrogens with zero attached hydrogens (tertiary/aromatic N) is 8. The van der Waals surface area contributed by atoms with Gasteiger partial charge in [-0.05, 0) is 29.5 Å². The predicted molar refractivity (Wildman–Crippen MR) is 83.6 cm³/mol. The number of fused-ring (bicyclic) bond motifs is 1. The van der Waals surface area contributed by atoms with Crippen LogP contribution in [-0.2, 0) is 0 Å². The van der Waals surface area contributed by atoms with Crippen LogP contribution in [-0.4, -0.2) is 44.9 Å². The van der Waals surface area contributed by atoms with Crippen LogP contribution < -0.4 is 0 Å². The molecule has 1 aromatic carbocycles. The number of rotatable bonds is 1. The van der Waals surface area contributed by atoms with E-state index >= 15 is 0 Å². The fraction of sp³-hybridized carbons (Fsp3) is 0.0769. The smallest absolute Gasteiger partial charge is 0.255 e. The van der Waals surface area contributed by atoms with Crippen LogP contribution in [0.3, 0.4) is 0 Å². The van der Waals surface area contributed by atoms with E-state index in [1.807, 2.05) is 30.3 Å². The second-order valence-electron chi connectivity index (χ2n) is 4.45. The van der Waals surface area contributed by atoms with Crippen LogP contribution in [0.15, 0.2) is 47.9 Å². The maximum absolute atomic E-state index is 9.26. The summed E-state index contributed by atoms with van der Waals surface area (Å²) in [6, 6.07) is 11.1. The van der Waals surface area contributed by atoms with Gasteiger partial charge in [0.1, 0.15) is 6.33 Å². The molecule has 0 aliphatic rings. The van der Waals surface area contributed by atoms with Gasteiger partial charge in [-0.25, -0.2) is 4.98 Å². The van der Waals surface area contributed by atoms with Gasteiger partial charge >= 0.3 is 0 Å². The molecule has 3 heterocycles. The number of tetrazole rings is 1. The first kappa shape index (κ1) is 14.9. The van der Waals surface area contributed by atoms with E-state index in [0.29, 0.717) is 10.9 Å². The summed E-state index contributed by atoms with van der Waals surface area (Å²) in [7, 11) is 0. The van der Waals surface area contributed by atoms with Crippen molar-refractivity contribution in [2.45, 2.75) is 12.1 Å². The highest BCUT2D eigenvalue weighted by molar-refractivity contribution is 7.80. The van der Waals surface area contributed by atoms with Crippen molar-refractivity contribution in [1.29, 1.82) is 0 Å². The van der Waals surface area contributed by atoms with Crippen LogP contribution in [0.25, 0.3) is 11.5 Å². The summed E-state index contributed by atoms with van der Waals surface area (Å²) in [5, 5.41) is 24.4. The monoisotopic (exact) mass is 328 g/mol. The third-order valence-electron chi connectivity index (χ3n) is 2.81. The number of para-hydroxylation sites is 1. The molecule has 0 amide bonds. The van der Waals surface area contributed by atoms with Crippen molar-refractivity contribution in [3.05, 3.63) is 48.4 Å². The van der Waals surface area contributed by atoms with Crippen LogP contribution in [0.2, 0.25) is 0 Å². The molecule has 0 spiro atoms. The summed E-state index contributed by atoms with van der Waals surface area (Å²) in [5.41, 5.74) is 1.63. The van der Waals surface area contributed by atoms with Crippen molar-refractivity contribution in [3.63, 3.8) is 0 Å². The SMILES string of the molecule is Cc1cc(O)n2ncnc2n1.Sc1nnnn1-c1ccccc1. The van der Waals surface area contributed by atoms with E-state index in [4.69, 9.17) is 0 Å². The van der Waals surface area contributed by atoms with Crippen molar-refractivity contribution < 1.29 is 5.11 Å². The van der Waals surface area contributed by atoms with E-state index in [2.05, 4.69) is 43.2 Å². The Bertz CT molecular complexity index is 920. The lowest BCUT2D eigenvalue weighted by Crippen LogP contribution is -1.96. The number of thiol groups is 1.